The number of hydrogen-bond acceptors (Lipinski definition) is 4. The molecule has 1 unspecified atom stereocenters. The van der Waals surface area contributed by atoms with Gasteiger partial charge in [-0.25, -0.2) is 4.79 Å². The summed E-state index contributed by atoms with van der Waals surface area (Å²) >= 11 is 0. The number of amides is 3. The first-order valence-corrected chi connectivity index (χ1v) is 11.4. The minimum Gasteiger partial charge on any atom is -0.368 e. The van der Waals surface area contributed by atoms with Crippen molar-refractivity contribution in [2.75, 3.05) is 52.4 Å². The molecule has 0 saturated carbocycles. The molecule has 1 aromatic carbocycles. The Labute approximate surface area is 179 Å². The smallest absolute Gasteiger partial charge is 0.317 e. The van der Waals surface area contributed by atoms with Crippen LogP contribution in [0.1, 0.15) is 31.2 Å². The fourth-order valence-electron chi connectivity index (χ4n) is 4.64. The van der Waals surface area contributed by atoms with Crippen LogP contribution in [0.25, 0.3) is 0 Å². The van der Waals surface area contributed by atoms with Gasteiger partial charge in [0.1, 0.15) is 6.10 Å². The molecule has 1 N–H and O–H groups in total. The Morgan fingerprint density at radius 1 is 0.933 bits per heavy atom. The number of carbonyl (C=O) groups is 2. The van der Waals surface area contributed by atoms with E-state index in [0.29, 0.717) is 38.7 Å². The molecule has 164 valence electrons. The molecule has 3 fully saturated rings. The van der Waals surface area contributed by atoms with E-state index in [1.165, 1.54) is 5.56 Å². The van der Waals surface area contributed by atoms with Crippen molar-refractivity contribution in [3.63, 3.8) is 0 Å². The molecule has 0 aliphatic carbocycles. The van der Waals surface area contributed by atoms with Gasteiger partial charge in [-0.1, -0.05) is 30.3 Å². The predicted molar refractivity (Wildman–Crippen MR) is 115 cm³/mol. The topological polar surface area (TPSA) is 65.1 Å². The van der Waals surface area contributed by atoms with Gasteiger partial charge in [0.05, 0.1) is 0 Å². The fraction of sp³-hybridized carbons (Fsp3) is 0.652. The number of hydrogen-bond donors (Lipinski definition) is 1. The summed E-state index contributed by atoms with van der Waals surface area (Å²) in [5.74, 6) is 0.637. The van der Waals surface area contributed by atoms with Gasteiger partial charge < -0.3 is 19.9 Å². The molecule has 0 spiro atoms. The first kappa shape index (κ1) is 21.1. The molecule has 0 aromatic heterocycles. The maximum absolute atomic E-state index is 12.6. The van der Waals surface area contributed by atoms with E-state index < -0.39 is 0 Å². The first-order chi connectivity index (χ1) is 14.7. The molecule has 0 bridgehead atoms. The maximum atomic E-state index is 12.6. The van der Waals surface area contributed by atoms with E-state index in [1.807, 2.05) is 9.80 Å². The van der Waals surface area contributed by atoms with Gasteiger partial charge in [-0.2, -0.15) is 0 Å². The van der Waals surface area contributed by atoms with Crippen molar-refractivity contribution in [1.82, 2.24) is 20.0 Å². The van der Waals surface area contributed by atoms with Crippen LogP contribution in [-0.2, 0) is 16.1 Å². The molecule has 3 amide bonds. The lowest BCUT2D eigenvalue weighted by Gasteiger charge is -2.36. The second-order valence-corrected chi connectivity index (χ2v) is 8.71. The van der Waals surface area contributed by atoms with E-state index in [1.54, 1.807) is 0 Å². The number of nitrogens with zero attached hydrogens (tertiary/aromatic N) is 3. The molecule has 0 radical (unpaired) electrons. The number of likely N-dealkylation sites (tertiary alicyclic amines) is 1. The average molecular weight is 415 g/mol. The minimum absolute atomic E-state index is 0.00549. The van der Waals surface area contributed by atoms with E-state index in [0.717, 1.165) is 51.9 Å². The van der Waals surface area contributed by atoms with Crippen molar-refractivity contribution >= 4 is 11.9 Å². The number of ether oxygens (including phenoxy) is 1. The van der Waals surface area contributed by atoms with Gasteiger partial charge in [-0.15, -0.1) is 0 Å². The van der Waals surface area contributed by atoms with Crippen LogP contribution in [0.5, 0.6) is 0 Å². The van der Waals surface area contributed by atoms with Gasteiger partial charge in [0.25, 0.3) is 5.91 Å². The maximum Gasteiger partial charge on any atom is 0.317 e. The van der Waals surface area contributed by atoms with Crippen LogP contribution in [0.2, 0.25) is 0 Å². The number of rotatable bonds is 5. The molecule has 3 saturated heterocycles. The lowest BCUT2D eigenvalue weighted by atomic mass is 9.96. The van der Waals surface area contributed by atoms with Crippen molar-refractivity contribution in [2.45, 2.75) is 38.3 Å². The quantitative estimate of drug-likeness (QED) is 0.800. The van der Waals surface area contributed by atoms with E-state index in [9.17, 15) is 9.59 Å². The molecule has 3 heterocycles. The Bertz CT molecular complexity index is 692. The van der Waals surface area contributed by atoms with Crippen molar-refractivity contribution in [3.05, 3.63) is 35.9 Å². The molecule has 30 heavy (non-hydrogen) atoms. The zero-order valence-electron chi connectivity index (χ0n) is 17.8. The fourth-order valence-corrected chi connectivity index (χ4v) is 4.64. The normalized spacial score (nSPS) is 23.5. The van der Waals surface area contributed by atoms with Gasteiger partial charge in [0.15, 0.2) is 0 Å². The number of benzene rings is 1. The summed E-state index contributed by atoms with van der Waals surface area (Å²) in [7, 11) is 0. The highest BCUT2D eigenvalue weighted by atomic mass is 16.5. The van der Waals surface area contributed by atoms with Crippen LogP contribution < -0.4 is 5.32 Å². The molecular formula is C23H34N4O3. The molecule has 1 aromatic rings. The Morgan fingerprint density at radius 3 is 2.30 bits per heavy atom. The van der Waals surface area contributed by atoms with E-state index in [-0.39, 0.29) is 18.0 Å². The molecule has 7 heteroatoms. The molecule has 4 rings (SSSR count). The van der Waals surface area contributed by atoms with E-state index in [4.69, 9.17) is 4.74 Å². The van der Waals surface area contributed by atoms with Gasteiger partial charge in [0.2, 0.25) is 0 Å². The molecule has 1 atom stereocenters. The Balaban J connectivity index is 1.12. The summed E-state index contributed by atoms with van der Waals surface area (Å²) in [6.45, 7) is 7.00. The predicted octanol–water partition coefficient (Wildman–Crippen LogP) is 1.93. The van der Waals surface area contributed by atoms with Crippen molar-refractivity contribution in [2.24, 2.45) is 5.92 Å². The molecular weight excluding hydrogens is 380 g/mol. The van der Waals surface area contributed by atoms with E-state index in [2.05, 4.69) is 40.5 Å². The zero-order chi connectivity index (χ0) is 20.8. The number of piperazine rings is 1. The summed E-state index contributed by atoms with van der Waals surface area (Å²) in [4.78, 5) is 31.2. The van der Waals surface area contributed by atoms with Gasteiger partial charge in [-0.05, 0) is 50.3 Å². The van der Waals surface area contributed by atoms with Crippen molar-refractivity contribution < 1.29 is 14.3 Å². The van der Waals surface area contributed by atoms with Crippen LogP contribution in [0, 0.1) is 5.92 Å². The standard InChI is InChI=1S/C23H34N4O3/c28-22(21-7-4-16-30-21)26-12-14-27(15-13-26)23(29)24-17-19-8-10-25(11-9-19)18-20-5-2-1-3-6-20/h1-3,5-6,19,21H,4,7-18H2,(H,24,29). The van der Waals surface area contributed by atoms with Crippen LogP contribution in [0.3, 0.4) is 0 Å². The Hall–Kier alpha value is -2.12. The van der Waals surface area contributed by atoms with Crippen LogP contribution in [0.15, 0.2) is 30.3 Å². The number of nitrogens with one attached hydrogen (secondary N) is 1. The highest BCUT2D eigenvalue weighted by Crippen LogP contribution is 2.19. The third-order valence-corrected chi connectivity index (χ3v) is 6.58. The third kappa shape index (κ3) is 5.52. The second-order valence-electron chi connectivity index (χ2n) is 8.71. The zero-order valence-corrected chi connectivity index (χ0v) is 17.8. The average Bonchev–Trinajstić information content (AvgIpc) is 3.34. The monoisotopic (exact) mass is 414 g/mol. The van der Waals surface area contributed by atoms with Gasteiger partial charge >= 0.3 is 6.03 Å². The number of urea groups is 1. The number of piperidine rings is 1. The molecule has 3 aliphatic heterocycles. The number of carbonyl (C=O) groups excluding carboxylic acids is 2. The first-order valence-electron chi connectivity index (χ1n) is 11.4. The molecule has 3 aliphatic rings. The summed E-state index contributed by atoms with van der Waals surface area (Å²) in [5.41, 5.74) is 1.36. The van der Waals surface area contributed by atoms with Gasteiger partial charge in [-0.3, -0.25) is 9.69 Å². The largest absolute Gasteiger partial charge is 0.368 e. The summed E-state index contributed by atoms with van der Waals surface area (Å²) in [6.07, 6.45) is 3.76. The second kappa shape index (κ2) is 10.3. The van der Waals surface area contributed by atoms with Crippen LogP contribution in [0.4, 0.5) is 4.79 Å². The van der Waals surface area contributed by atoms with Crippen LogP contribution >= 0.6 is 0 Å². The highest BCUT2D eigenvalue weighted by molar-refractivity contribution is 5.81. The minimum atomic E-state index is -0.266. The van der Waals surface area contributed by atoms with Crippen LogP contribution in [-0.4, -0.2) is 85.2 Å². The SMILES string of the molecule is O=C(NCC1CCN(Cc2ccccc2)CC1)N1CCN(C(=O)C2CCCO2)CC1. The lowest BCUT2D eigenvalue weighted by Crippen LogP contribution is -2.55. The van der Waals surface area contributed by atoms with Gasteiger partial charge in [0, 0.05) is 45.9 Å². The third-order valence-electron chi connectivity index (χ3n) is 6.58. The lowest BCUT2D eigenvalue weighted by molar-refractivity contribution is -0.142. The summed E-state index contributed by atoms with van der Waals surface area (Å²) in [5, 5.41) is 3.13. The van der Waals surface area contributed by atoms with Crippen molar-refractivity contribution in [1.29, 1.82) is 0 Å². The molecule has 7 nitrogen and oxygen atoms in total. The Morgan fingerprint density at radius 2 is 1.63 bits per heavy atom. The summed E-state index contributed by atoms with van der Waals surface area (Å²) < 4.78 is 5.50. The van der Waals surface area contributed by atoms with Crippen molar-refractivity contribution in [3.8, 4) is 0 Å². The van der Waals surface area contributed by atoms with E-state index >= 15 is 0 Å². The summed E-state index contributed by atoms with van der Waals surface area (Å²) in [6, 6.07) is 10.6. The highest BCUT2D eigenvalue weighted by Gasteiger charge is 2.31. The Kier molecular flexibility index (Phi) is 7.23.